The van der Waals surface area contributed by atoms with Crippen LogP contribution in [0.1, 0.15) is 0 Å². The molecule has 2 aromatic rings. The summed E-state index contributed by atoms with van der Waals surface area (Å²) in [6.45, 7) is 0. The predicted octanol–water partition coefficient (Wildman–Crippen LogP) is -4.53. The van der Waals surface area contributed by atoms with Crippen LogP contribution in [-0.4, -0.2) is 5.10 Å². The third kappa shape index (κ3) is 5.75. The van der Waals surface area contributed by atoms with Gasteiger partial charge in [-0.05, 0) is 12.1 Å². The minimum atomic E-state index is -4.94. The molecule has 5 N–H and O–H groups in total. The zero-order valence-electron chi connectivity index (χ0n) is 10.1. The van der Waals surface area contributed by atoms with Gasteiger partial charge in [-0.3, -0.25) is 0 Å². The van der Waals surface area contributed by atoms with E-state index in [0.29, 0.717) is 11.5 Å². The molecule has 1 aromatic carbocycles. The van der Waals surface area contributed by atoms with Crippen LogP contribution in [0.5, 0.6) is 0 Å². The fraction of sp³-hybridized carbons (Fsp3) is 0. The largest absolute Gasteiger partial charge is 0.397 e. The van der Waals surface area contributed by atoms with Crippen molar-refractivity contribution in [1.82, 2.24) is 5.10 Å². The van der Waals surface area contributed by atoms with Crippen molar-refractivity contribution in [3.05, 3.63) is 42.6 Å². The predicted molar refractivity (Wildman–Crippen MR) is 58.0 cm³/mol. The average molecular weight is 302 g/mol. The number of aromatic nitrogens is 2. The molecule has 0 fully saturated rings. The fourth-order valence-electron chi connectivity index (χ4n) is 1.32. The van der Waals surface area contributed by atoms with E-state index in [9.17, 15) is 0 Å². The van der Waals surface area contributed by atoms with Crippen molar-refractivity contribution >= 4 is 11.5 Å². The molecule has 1 aromatic heterocycles. The number of anilines is 2. The van der Waals surface area contributed by atoms with Crippen molar-refractivity contribution in [2.24, 2.45) is 5.84 Å². The highest BCUT2D eigenvalue weighted by atomic mass is 35.7. The molecule has 0 aliphatic rings. The second-order valence-electron chi connectivity index (χ2n) is 3.44. The van der Waals surface area contributed by atoms with Gasteiger partial charge in [0.2, 0.25) is 0 Å². The average Bonchev–Trinajstić information content (AvgIpc) is 2.37. The van der Waals surface area contributed by atoms with Gasteiger partial charge in [0.25, 0.3) is 0 Å². The van der Waals surface area contributed by atoms with Gasteiger partial charge < -0.3 is 5.73 Å². The van der Waals surface area contributed by atoms with Crippen LogP contribution in [0.4, 0.5) is 11.5 Å². The molecule has 0 unspecified atom stereocenters. The molecule has 1 heterocycles. The van der Waals surface area contributed by atoms with Gasteiger partial charge in [-0.2, -0.15) is 11.3 Å². The van der Waals surface area contributed by atoms with Crippen molar-refractivity contribution < 1.29 is 33.6 Å². The first kappa shape index (κ1) is 16.0. The Hall–Kier alpha value is -2.01. The molecule has 0 saturated heterocycles. The normalized spacial score (nSPS) is 10.4. The standard InChI is InChI=1S/C10H11N5.ClHO4/c11-8-6-10(14-12)15(13-7-8)9-4-2-1-3-5-9;2-1(3,4)5/h1-7H,(H4,11,12,13,14);(H,2,3,4,5). The molecule has 10 heteroatoms. The number of nitrogen functional groups attached to an aromatic ring is 2. The van der Waals surface area contributed by atoms with Gasteiger partial charge >= 0.3 is 5.82 Å². The summed E-state index contributed by atoms with van der Waals surface area (Å²) in [5, 5.41) is 4.17. The lowest BCUT2D eigenvalue weighted by molar-refractivity contribution is -2.00. The molecule has 108 valence electrons. The summed E-state index contributed by atoms with van der Waals surface area (Å²) in [5.74, 6) is 6.03. The zero-order chi connectivity index (χ0) is 15.2. The molecule has 9 nitrogen and oxygen atoms in total. The maximum Gasteiger partial charge on any atom is 0.320 e. The van der Waals surface area contributed by atoms with Gasteiger partial charge in [0.15, 0.2) is 5.69 Å². The third-order valence-corrected chi connectivity index (χ3v) is 2.00. The first-order chi connectivity index (χ1) is 9.31. The highest BCUT2D eigenvalue weighted by Gasteiger charge is 2.11. The summed E-state index contributed by atoms with van der Waals surface area (Å²) in [6, 6.07) is 11.4. The van der Waals surface area contributed by atoms with Crippen molar-refractivity contribution in [2.75, 3.05) is 11.2 Å². The Morgan fingerprint density at radius 1 is 1.10 bits per heavy atom. The Labute approximate surface area is 116 Å². The van der Waals surface area contributed by atoms with E-state index in [0.717, 1.165) is 5.69 Å². The van der Waals surface area contributed by atoms with Crippen molar-refractivity contribution in [1.29, 1.82) is 0 Å². The maximum absolute atomic E-state index is 8.49. The zero-order valence-corrected chi connectivity index (χ0v) is 10.9. The van der Waals surface area contributed by atoms with Gasteiger partial charge in [-0.25, -0.2) is 18.6 Å². The maximum atomic E-state index is 8.49. The van der Waals surface area contributed by atoms with Gasteiger partial charge in [0.1, 0.15) is 0 Å². The van der Waals surface area contributed by atoms with Gasteiger partial charge in [0.05, 0.1) is 18.0 Å². The summed E-state index contributed by atoms with van der Waals surface area (Å²) in [5.41, 5.74) is 9.65. The lowest BCUT2D eigenvalue weighted by atomic mass is 10.3. The fourth-order valence-corrected chi connectivity index (χ4v) is 1.32. The number of rotatable bonds is 2. The molecule has 0 radical (unpaired) electrons. The Balaban J connectivity index is 0.000000347. The second-order valence-corrected chi connectivity index (χ2v) is 4.20. The monoisotopic (exact) mass is 301 g/mol. The SMILES string of the molecule is NNc1cc(N)cn[n+]1-c1ccccc1.[O-][Cl+3]([O-])([O-])[O-]. The van der Waals surface area contributed by atoms with E-state index in [-0.39, 0.29) is 0 Å². The highest BCUT2D eigenvalue weighted by Crippen LogP contribution is 2.06. The van der Waals surface area contributed by atoms with E-state index in [2.05, 4.69) is 10.5 Å². The number of halogens is 1. The van der Waals surface area contributed by atoms with Crippen LogP contribution in [0.2, 0.25) is 0 Å². The van der Waals surface area contributed by atoms with E-state index >= 15 is 0 Å². The molecule has 0 saturated carbocycles. The quantitative estimate of drug-likeness (QED) is 0.282. The van der Waals surface area contributed by atoms with E-state index in [1.807, 2.05) is 30.3 Å². The number of nitrogens with zero attached hydrogens (tertiary/aromatic N) is 2. The number of nitrogens with two attached hydrogens (primary N) is 2. The third-order valence-electron chi connectivity index (χ3n) is 2.00. The molecular weight excluding hydrogens is 290 g/mol. The molecular formula is C10H12ClN5O4. The minimum absolute atomic E-state index is 0.565. The molecule has 0 aliphatic carbocycles. The summed E-state index contributed by atoms with van der Waals surface area (Å²) in [7, 11) is -4.94. The summed E-state index contributed by atoms with van der Waals surface area (Å²) in [4.78, 5) is 0. The topological polar surface area (TPSA) is 173 Å². The lowest BCUT2D eigenvalue weighted by Crippen LogP contribution is -2.68. The number of para-hydroxylation sites is 1. The van der Waals surface area contributed by atoms with Crippen LogP contribution >= 0.6 is 0 Å². The van der Waals surface area contributed by atoms with Gasteiger partial charge in [-0.1, -0.05) is 28.0 Å². The molecule has 0 aliphatic heterocycles. The van der Waals surface area contributed by atoms with Crippen molar-refractivity contribution in [3.8, 4) is 5.69 Å². The van der Waals surface area contributed by atoms with E-state index in [1.54, 1.807) is 16.9 Å². The molecule has 20 heavy (non-hydrogen) atoms. The number of benzene rings is 1. The summed E-state index contributed by atoms with van der Waals surface area (Å²) in [6.07, 6.45) is 1.58. The van der Waals surface area contributed by atoms with Crippen LogP contribution in [0.15, 0.2) is 42.6 Å². The lowest BCUT2D eigenvalue weighted by Gasteiger charge is -2.17. The van der Waals surface area contributed by atoms with E-state index in [1.165, 1.54) is 0 Å². The number of hydrogen-bond donors (Lipinski definition) is 3. The number of nitrogens with one attached hydrogen (secondary N) is 1. The smallest absolute Gasteiger partial charge is 0.320 e. The number of hydrogen-bond acceptors (Lipinski definition) is 8. The first-order valence-electron chi connectivity index (χ1n) is 5.13. The molecule has 2 rings (SSSR count). The molecule has 0 amide bonds. The van der Waals surface area contributed by atoms with Crippen LogP contribution in [0.3, 0.4) is 0 Å². The van der Waals surface area contributed by atoms with Crippen LogP contribution in [-0.2, 0) is 0 Å². The van der Waals surface area contributed by atoms with Crippen molar-refractivity contribution in [2.45, 2.75) is 0 Å². The molecule has 0 atom stereocenters. The van der Waals surface area contributed by atoms with E-state index in [4.69, 9.17) is 30.2 Å². The Morgan fingerprint density at radius 2 is 1.65 bits per heavy atom. The molecule has 0 spiro atoms. The minimum Gasteiger partial charge on any atom is -0.397 e. The van der Waals surface area contributed by atoms with Gasteiger partial charge in [0, 0.05) is 0 Å². The second kappa shape index (κ2) is 6.96. The Kier molecular flexibility index (Phi) is 5.58. The van der Waals surface area contributed by atoms with Crippen LogP contribution < -0.4 is 40.3 Å². The van der Waals surface area contributed by atoms with Crippen molar-refractivity contribution in [3.63, 3.8) is 0 Å². The van der Waals surface area contributed by atoms with Crippen LogP contribution in [0.25, 0.3) is 5.69 Å². The highest BCUT2D eigenvalue weighted by molar-refractivity contribution is 5.43. The van der Waals surface area contributed by atoms with Crippen LogP contribution in [0, 0.1) is 10.2 Å². The Morgan fingerprint density at radius 3 is 2.15 bits per heavy atom. The Bertz CT molecular complexity index is 543. The van der Waals surface area contributed by atoms with Gasteiger partial charge in [-0.15, -0.1) is 10.2 Å². The molecule has 0 bridgehead atoms. The van der Waals surface area contributed by atoms with E-state index < -0.39 is 10.2 Å². The summed E-state index contributed by atoms with van der Waals surface area (Å²) < 4.78 is 35.6. The number of hydrazine groups is 1. The summed E-state index contributed by atoms with van der Waals surface area (Å²) >= 11 is 0. The first-order valence-corrected chi connectivity index (χ1v) is 6.36.